The van der Waals surface area contributed by atoms with Crippen molar-refractivity contribution >= 4 is 5.96 Å². The van der Waals surface area contributed by atoms with E-state index in [1.54, 1.807) is 0 Å². The summed E-state index contributed by atoms with van der Waals surface area (Å²) in [6.45, 7) is 9.77. The minimum absolute atomic E-state index is 0.472. The molecule has 2 N–H and O–H groups in total. The SMILES string of the molecule is C=CCNC(=NCC1CC1)N[C@H](C)CC. The third-order valence-electron chi connectivity index (χ3n) is 2.61. The summed E-state index contributed by atoms with van der Waals surface area (Å²) >= 11 is 0. The Morgan fingerprint density at radius 2 is 2.33 bits per heavy atom. The average molecular weight is 209 g/mol. The molecule has 1 fully saturated rings. The third kappa shape index (κ3) is 5.45. The summed E-state index contributed by atoms with van der Waals surface area (Å²) in [5, 5.41) is 6.61. The first-order valence-corrected chi connectivity index (χ1v) is 5.92. The van der Waals surface area contributed by atoms with E-state index in [2.05, 4.69) is 36.1 Å². The van der Waals surface area contributed by atoms with Gasteiger partial charge >= 0.3 is 0 Å². The van der Waals surface area contributed by atoms with Crippen molar-refractivity contribution in [2.75, 3.05) is 13.1 Å². The van der Waals surface area contributed by atoms with Gasteiger partial charge in [0.2, 0.25) is 0 Å². The quantitative estimate of drug-likeness (QED) is 0.398. The van der Waals surface area contributed by atoms with Gasteiger partial charge in [0.1, 0.15) is 0 Å². The molecule has 0 unspecified atom stereocenters. The molecule has 0 saturated heterocycles. The number of hydrogen-bond donors (Lipinski definition) is 2. The van der Waals surface area contributed by atoms with E-state index in [4.69, 9.17) is 0 Å². The molecule has 86 valence electrons. The van der Waals surface area contributed by atoms with E-state index in [0.29, 0.717) is 6.04 Å². The van der Waals surface area contributed by atoms with Crippen molar-refractivity contribution in [1.29, 1.82) is 0 Å². The summed E-state index contributed by atoms with van der Waals surface area (Å²) < 4.78 is 0. The topological polar surface area (TPSA) is 36.4 Å². The molecule has 0 aromatic carbocycles. The van der Waals surface area contributed by atoms with Gasteiger partial charge in [0.15, 0.2) is 5.96 Å². The van der Waals surface area contributed by atoms with E-state index in [-0.39, 0.29) is 0 Å². The summed E-state index contributed by atoms with van der Waals surface area (Å²) in [5.41, 5.74) is 0. The van der Waals surface area contributed by atoms with Gasteiger partial charge in [-0.15, -0.1) is 6.58 Å². The molecule has 3 heteroatoms. The number of rotatable bonds is 6. The standard InChI is InChI=1S/C12H23N3/c1-4-8-13-12(15-10(3)5-2)14-9-11-6-7-11/h4,10-11H,1,5-9H2,2-3H3,(H2,13,14,15)/t10-/m1/s1. The second-order valence-corrected chi connectivity index (χ2v) is 4.26. The fraction of sp³-hybridized carbons (Fsp3) is 0.750. The van der Waals surface area contributed by atoms with Gasteiger partial charge < -0.3 is 10.6 Å². The maximum absolute atomic E-state index is 4.56. The van der Waals surface area contributed by atoms with Crippen LogP contribution in [0, 0.1) is 5.92 Å². The van der Waals surface area contributed by atoms with Crippen molar-refractivity contribution in [3.63, 3.8) is 0 Å². The summed E-state index contributed by atoms with van der Waals surface area (Å²) in [5.74, 6) is 1.76. The molecular formula is C12H23N3. The maximum Gasteiger partial charge on any atom is 0.191 e. The Morgan fingerprint density at radius 1 is 1.60 bits per heavy atom. The Morgan fingerprint density at radius 3 is 2.87 bits per heavy atom. The molecule has 0 aliphatic heterocycles. The van der Waals surface area contributed by atoms with Gasteiger partial charge in [-0.25, -0.2) is 0 Å². The lowest BCUT2D eigenvalue weighted by Crippen LogP contribution is -2.42. The molecule has 1 saturated carbocycles. The molecule has 3 nitrogen and oxygen atoms in total. The van der Waals surface area contributed by atoms with Gasteiger partial charge in [-0.3, -0.25) is 4.99 Å². The lowest BCUT2D eigenvalue weighted by Gasteiger charge is -2.16. The van der Waals surface area contributed by atoms with E-state index < -0.39 is 0 Å². The highest BCUT2D eigenvalue weighted by Crippen LogP contribution is 2.28. The summed E-state index contributed by atoms with van der Waals surface area (Å²) in [4.78, 5) is 4.56. The van der Waals surface area contributed by atoms with Crippen molar-refractivity contribution in [2.45, 2.75) is 39.2 Å². The largest absolute Gasteiger partial charge is 0.354 e. The Kier molecular flexibility index (Phi) is 5.22. The minimum atomic E-state index is 0.472. The van der Waals surface area contributed by atoms with Crippen LogP contribution < -0.4 is 10.6 Å². The van der Waals surface area contributed by atoms with Gasteiger partial charge in [0.05, 0.1) is 0 Å². The van der Waals surface area contributed by atoms with Crippen molar-refractivity contribution in [3.05, 3.63) is 12.7 Å². The van der Waals surface area contributed by atoms with Crippen LogP contribution in [0.4, 0.5) is 0 Å². The molecule has 0 aromatic heterocycles. The number of nitrogens with one attached hydrogen (secondary N) is 2. The number of nitrogens with zero attached hydrogens (tertiary/aromatic N) is 1. The van der Waals surface area contributed by atoms with Crippen LogP contribution >= 0.6 is 0 Å². The highest BCUT2D eigenvalue weighted by atomic mass is 15.2. The molecule has 0 aromatic rings. The van der Waals surface area contributed by atoms with Crippen molar-refractivity contribution in [3.8, 4) is 0 Å². The lowest BCUT2D eigenvalue weighted by atomic mass is 10.3. The molecule has 0 amide bonds. The van der Waals surface area contributed by atoms with E-state index >= 15 is 0 Å². The summed E-state index contributed by atoms with van der Waals surface area (Å²) in [6.07, 6.45) is 5.66. The Hall–Kier alpha value is -0.990. The molecule has 0 spiro atoms. The summed E-state index contributed by atoms with van der Waals surface area (Å²) in [7, 11) is 0. The Labute approximate surface area is 93.1 Å². The molecule has 1 aliphatic rings. The molecular weight excluding hydrogens is 186 g/mol. The average Bonchev–Trinajstić information content (AvgIpc) is 3.05. The van der Waals surface area contributed by atoms with Crippen LogP contribution in [0.1, 0.15) is 33.1 Å². The van der Waals surface area contributed by atoms with Crippen LogP contribution in [-0.2, 0) is 0 Å². The predicted octanol–water partition coefficient (Wildman–Crippen LogP) is 1.92. The first-order valence-electron chi connectivity index (χ1n) is 5.92. The zero-order valence-corrected chi connectivity index (χ0v) is 9.92. The van der Waals surface area contributed by atoms with Gasteiger partial charge in [-0.05, 0) is 32.1 Å². The molecule has 1 atom stereocenters. The monoisotopic (exact) mass is 209 g/mol. The molecule has 0 bridgehead atoms. The lowest BCUT2D eigenvalue weighted by molar-refractivity contribution is 0.625. The van der Waals surface area contributed by atoms with Gasteiger partial charge in [0.25, 0.3) is 0 Å². The smallest absolute Gasteiger partial charge is 0.191 e. The maximum atomic E-state index is 4.56. The minimum Gasteiger partial charge on any atom is -0.354 e. The predicted molar refractivity (Wildman–Crippen MR) is 66.1 cm³/mol. The highest BCUT2D eigenvalue weighted by Gasteiger charge is 2.20. The van der Waals surface area contributed by atoms with E-state index in [9.17, 15) is 0 Å². The third-order valence-corrected chi connectivity index (χ3v) is 2.61. The van der Waals surface area contributed by atoms with E-state index in [0.717, 1.165) is 31.4 Å². The van der Waals surface area contributed by atoms with E-state index in [1.165, 1.54) is 12.8 Å². The Balaban J connectivity index is 2.34. The van der Waals surface area contributed by atoms with Crippen LogP contribution in [0.5, 0.6) is 0 Å². The highest BCUT2D eigenvalue weighted by molar-refractivity contribution is 5.80. The molecule has 15 heavy (non-hydrogen) atoms. The zero-order chi connectivity index (χ0) is 11.1. The van der Waals surface area contributed by atoms with Crippen molar-refractivity contribution in [1.82, 2.24) is 10.6 Å². The van der Waals surface area contributed by atoms with Crippen LogP contribution in [0.3, 0.4) is 0 Å². The molecule has 1 rings (SSSR count). The van der Waals surface area contributed by atoms with Gasteiger partial charge in [-0.2, -0.15) is 0 Å². The fourth-order valence-corrected chi connectivity index (χ4v) is 1.18. The van der Waals surface area contributed by atoms with Crippen LogP contribution in [-0.4, -0.2) is 25.1 Å². The first kappa shape index (κ1) is 12.1. The molecule has 0 radical (unpaired) electrons. The summed E-state index contributed by atoms with van der Waals surface area (Å²) in [6, 6.07) is 0.472. The van der Waals surface area contributed by atoms with Gasteiger partial charge in [-0.1, -0.05) is 13.0 Å². The van der Waals surface area contributed by atoms with Gasteiger partial charge in [0, 0.05) is 19.1 Å². The van der Waals surface area contributed by atoms with Crippen molar-refractivity contribution in [2.24, 2.45) is 10.9 Å². The zero-order valence-electron chi connectivity index (χ0n) is 9.92. The van der Waals surface area contributed by atoms with Crippen molar-refractivity contribution < 1.29 is 0 Å². The number of aliphatic imine (C=N–C) groups is 1. The Bertz CT molecular complexity index is 219. The van der Waals surface area contributed by atoms with Crippen LogP contribution in [0.25, 0.3) is 0 Å². The number of hydrogen-bond acceptors (Lipinski definition) is 1. The van der Waals surface area contributed by atoms with Crippen LogP contribution in [0.2, 0.25) is 0 Å². The second-order valence-electron chi connectivity index (χ2n) is 4.26. The first-order chi connectivity index (χ1) is 7.26. The second kappa shape index (κ2) is 6.49. The van der Waals surface area contributed by atoms with E-state index in [1.807, 2.05) is 6.08 Å². The molecule has 0 heterocycles. The molecule has 1 aliphatic carbocycles. The number of guanidine groups is 1. The fourth-order valence-electron chi connectivity index (χ4n) is 1.18. The normalized spacial score (nSPS) is 18.4. The van der Waals surface area contributed by atoms with Crippen LogP contribution in [0.15, 0.2) is 17.6 Å².